The smallest absolute Gasteiger partial charge is 0.254 e. The molecule has 5 nitrogen and oxygen atoms in total. The van der Waals surface area contributed by atoms with Crippen molar-refractivity contribution in [3.8, 4) is 0 Å². The summed E-state index contributed by atoms with van der Waals surface area (Å²) in [7, 11) is 8.25. The number of rotatable bonds is 10. The molecule has 0 unspecified atom stereocenters. The molecule has 6 heteroatoms. The fraction of sp³-hybridized carbons (Fsp3) is 0.647. The van der Waals surface area contributed by atoms with Crippen molar-refractivity contribution in [3.63, 3.8) is 0 Å². The van der Waals surface area contributed by atoms with Gasteiger partial charge in [-0.3, -0.25) is 4.79 Å². The van der Waals surface area contributed by atoms with E-state index in [0.29, 0.717) is 0 Å². The van der Waals surface area contributed by atoms with Crippen LogP contribution in [0, 0.1) is 0 Å². The maximum Gasteiger partial charge on any atom is 0.254 e. The third kappa shape index (κ3) is 7.81. The lowest BCUT2D eigenvalue weighted by Gasteiger charge is -2.24. The van der Waals surface area contributed by atoms with Crippen molar-refractivity contribution in [3.05, 3.63) is 23.9 Å². The Kier molecular flexibility index (Phi) is 9.21. The Morgan fingerprint density at radius 2 is 1.61 bits per heavy atom. The van der Waals surface area contributed by atoms with Crippen LogP contribution in [0.3, 0.4) is 0 Å². The summed E-state index contributed by atoms with van der Waals surface area (Å²) in [4.78, 5) is 23.4. The van der Waals surface area contributed by atoms with E-state index in [2.05, 4.69) is 43.0 Å². The molecule has 1 rings (SSSR count). The number of thioether (sulfide) groups is 1. The molecule has 0 fully saturated rings. The summed E-state index contributed by atoms with van der Waals surface area (Å²) >= 11 is 1.56. The quantitative estimate of drug-likeness (QED) is 0.611. The van der Waals surface area contributed by atoms with Crippen molar-refractivity contribution in [2.45, 2.75) is 17.9 Å². The van der Waals surface area contributed by atoms with E-state index in [4.69, 9.17) is 0 Å². The van der Waals surface area contributed by atoms with Crippen molar-refractivity contribution in [2.24, 2.45) is 0 Å². The van der Waals surface area contributed by atoms with Crippen LogP contribution in [0.2, 0.25) is 0 Å². The SMILES string of the molecule is CSc1cc(C(=O)N(CCCN(C)C)CCCN(C)C)ccn1. The summed E-state index contributed by atoms with van der Waals surface area (Å²) in [5.41, 5.74) is 0.735. The van der Waals surface area contributed by atoms with Gasteiger partial charge in [-0.05, 0) is 72.5 Å². The molecule has 0 atom stereocenters. The maximum atomic E-state index is 12.8. The lowest BCUT2D eigenvalue weighted by Crippen LogP contribution is -2.35. The lowest BCUT2D eigenvalue weighted by molar-refractivity contribution is 0.0744. The number of aromatic nitrogens is 1. The third-order valence-electron chi connectivity index (χ3n) is 3.54. The van der Waals surface area contributed by atoms with Gasteiger partial charge in [-0.15, -0.1) is 11.8 Å². The lowest BCUT2D eigenvalue weighted by atomic mass is 10.2. The Bertz CT molecular complexity index is 465. The van der Waals surface area contributed by atoms with Gasteiger partial charge in [0, 0.05) is 24.8 Å². The second-order valence-electron chi connectivity index (χ2n) is 6.19. The highest BCUT2D eigenvalue weighted by atomic mass is 32.2. The molecule has 0 aliphatic heterocycles. The summed E-state index contributed by atoms with van der Waals surface area (Å²) in [6.45, 7) is 3.57. The predicted octanol–water partition coefficient (Wildman–Crippen LogP) is 2.15. The number of carbonyl (C=O) groups is 1. The summed E-state index contributed by atoms with van der Waals surface area (Å²) in [5.74, 6) is 0.111. The number of hydrogen-bond acceptors (Lipinski definition) is 5. The molecular weight excluding hydrogens is 308 g/mol. The number of carbonyl (C=O) groups excluding carboxylic acids is 1. The van der Waals surface area contributed by atoms with Gasteiger partial charge in [-0.1, -0.05) is 0 Å². The average molecular weight is 339 g/mol. The van der Waals surface area contributed by atoms with Crippen LogP contribution in [0.25, 0.3) is 0 Å². The second kappa shape index (κ2) is 10.6. The van der Waals surface area contributed by atoms with Gasteiger partial charge in [0.2, 0.25) is 0 Å². The van der Waals surface area contributed by atoms with Crippen LogP contribution in [0.1, 0.15) is 23.2 Å². The van der Waals surface area contributed by atoms with Crippen LogP contribution < -0.4 is 0 Å². The minimum atomic E-state index is 0.111. The fourth-order valence-corrected chi connectivity index (χ4v) is 2.72. The first-order valence-electron chi connectivity index (χ1n) is 8.03. The zero-order chi connectivity index (χ0) is 17.2. The molecular formula is C17H30N4OS. The zero-order valence-corrected chi connectivity index (χ0v) is 15.9. The number of nitrogens with zero attached hydrogens (tertiary/aromatic N) is 4. The van der Waals surface area contributed by atoms with Gasteiger partial charge in [-0.25, -0.2) is 4.98 Å². The molecule has 1 heterocycles. The zero-order valence-electron chi connectivity index (χ0n) is 15.1. The molecule has 0 radical (unpaired) electrons. The van der Waals surface area contributed by atoms with E-state index in [1.807, 2.05) is 23.3 Å². The van der Waals surface area contributed by atoms with Crippen LogP contribution in [-0.2, 0) is 0 Å². The Hall–Kier alpha value is -1.11. The van der Waals surface area contributed by atoms with Crippen LogP contribution in [-0.4, -0.2) is 86.2 Å². The monoisotopic (exact) mass is 338 g/mol. The summed E-state index contributed by atoms with van der Waals surface area (Å²) in [6, 6.07) is 3.70. The number of pyridine rings is 1. The molecule has 0 saturated heterocycles. The molecule has 0 aliphatic carbocycles. The van der Waals surface area contributed by atoms with Gasteiger partial charge in [-0.2, -0.15) is 0 Å². The van der Waals surface area contributed by atoms with Crippen molar-refractivity contribution in [1.29, 1.82) is 0 Å². The van der Waals surface area contributed by atoms with E-state index < -0.39 is 0 Å². The van der Waals surface area contributed by atoms with Crippen LogP contribution >= 0.6 is 11.8 Å². The van der Waals surface area contributed by atoms with Gasteiger partial charge < -0.3 is 14.7 Å². The van der Waals surface area contributed by atoms with Crippen molar-refractivity contribution in [1.82, 2.24) is 19.7 Å². The Balaban J connectivity index is 2.72. The molecule has 0 spiro atoms. The molecule has 1 aromatic heterocycles. The highest BCUT2D eigenvalue weighted by Crippen LogP contribution is 2.14. The average Bonchev–Trinajstić information content (AvgIpc) is 2.52. The molecule has 0 saturated carbocycles. The molecule has 1 aromatic rings. The van der Waals surface area contributed by atoms with E-state index in [-0.39, 0.29) is 5.91 Å². The molecule has 0 bridgehead atoms. The van der Waals surface area contributed by atoms with Gasteiger partial charge in [0.1, 0.15) is 0 Å². The van der Waals surface area contributed by atoms with Crippen molar-refractivity contribution in [2.75, 3.05) is 60.6 Å². The first-order chi connectivity index (χ1) is 10.9. The first kappa shape index (κ1) is 19.9. The number of amides is 1. The highest BCUT2D eigenvalue weighted by Gasteiger charge is 2.16. The maximum absolute atomic E-state index is 12.8. The second-order valence-corrected chi connectivity index (χ2v) is 7.02. The van der Waals surface area contributed by atoms with E-state index >= 15 is 0 Å². The van der Waals surface area contributed by atoms with Gasteiger partial charge >= 0.3 is 0 Å². The fourth-order valence-electron chi connectivity index (χ4n) is 2.31. The van der Waals surface area contributed by atoms with E-state index in [9.17, 15) is 4.79 Å². The molecule has 0 aromatic carbocycles. The number of hydrogen-bond donors (Lipinski definition) is 0. The van der Waals surface area contributed by atoms with Crippen LogP contribution in [0.4, 0.5) is 0 Å². The Morgan fingerprint density at radius 1 is 1.04 bits per heavy atom. The van der Waals surface area contributed by atoms with Crippen LogP contribution in [0.5, 0.6) is 0 Å². The Morgan fingerprint density at radius 3 is 2.09 bits per heavy atom. The summed E-state index contributed by atoms with van der Waals surface area (Å²) < 4.78 is 0. The highest BCUT2D eigenvalue weighted by molar-refractivity contribution is 7.98. The third-order valence-corrected chi connectivity index (χ3v) is 4.19. The summed E-state index contributed by atoms with van der Waals surface area (Å²) in [5, 5.41) is 0.886. The molecule has 23 heavy (non-hydrogen) atoms. The largest absolute Gasteiger partial charge is 0.339 e. The van der Waals surface area contributed by atoms with E-state index in [1.54, 1.807) is 18.0 Å². The van der Waals surface area contributed by atoms with Crippen molar-refractivity contribution >= 4 is 17.7 Å². The topological polar surface area (TPSA) is 39.7 Å². The first-order valence-corrected chi connectivity index (χ1v) is 9.25. The minimum absolute atomic E-state index is 0.111. The molecule has 0 N–H and O–H groups in total. The van der Waals surface area contributed by atoms with Gasteiger partial charge in [0.15, 0.2) is 0 Å². The van der Waals surface area contributed by atoms with Crippen molar-refractivity contribution < 1.29 is 4.79 Å². The minimum Gasteiger partial charge on any atom is -0.339 e. The summed E-state index contributed by atoms with van der Waals surface area (Å²) in [6.07, 6.45) is 5.67. The molecule has 1 amide bonds. The predicted molar refractivity (Wildman–Crippen MR) is 98.3 cm³/mol. The van der Waals surface area contributed by atoms with Gasteiger partial charge in [0.05, 0.1) is 5.03 Å². The Labute approximate surface area is 145 Å². The standard InChI is InChI=1S/C17H30N4OS/c1-19(2)10-6-12-21(13-7-11-20(3)4)17(22)15-8-9-18-16(14-15)23-5/h8-9,14H,6-7,10-13H2,1-5H3. The van der Waals surface area contributed by atoms with E-state index in [1.165, 1.54) is 0 Å². The molecule has 0 aliphatic rings. The van der Waals surface area contributed by atoms with Crippen LogP contribution in [0.15, 0.2) is 23.4 Å². The molecule has 130 valence electrons. The van der Waals surface area contributed by atoms with Gasteiger partial charge in [0.25, 0.3) is 5.91 Å². The normalized spacial score (nSPS) is 11.3. The van der Waals surface area contributed by atoms with E-state index in [0.717, 1.165) is 49.6 Å².